The first-order chi connectivity index (χ1) is 9.74. The van der Waals surface area contributed by atoms with Gasteiger partial charge < -0.3 is 14.7 Å². The first-order valence-corrected chi connectivity index (χ1v) is 6.68. The molecule has 0 saturated heterocycles. The minimum absolute atomic E-state index is 0.128. The molecule has 0 aliphatic heterocycles. The third-order valence-corrected chi connectivity index (χ3v) is 3.43. The molecule has 2 aromatic heterocycles. The molecule has 0 radical (unpaired) electrons. The molecule has 20 heavy (non-hydrogen) atoms. The second-order valence-electron chi connectivity index (χ2n) is 4.52. The first-order valence-electron chi connectivity index (χ1n) is 6.30. The maximum atomic E-state index is 11.8. The van der Waals surface area contributed by atoms with Gasteiger partial charge in [0.15, 0.2) is 0 Å². The Balaban J connectivity index is 1.65. The number of halogens is 1. The van der Waals surface area contributed by atoms with E-state index in [0.29, 0.717) is 17.1 Å². The minimum atomic E-state index is -0.128. The van der Waals surface area contributed by atoms with Crippen molar-refractivity contribution in [3.63, 3.8) is 0 Å². The molecular weight excluding hydrogens is 276 g/mol. The van der Waals surface area contributed by atoms with Gasteiger partial charge in [0.05, 0.1) is 11.8 Å². The third-order valence-electron chi connectivity index (χ3n) is 3.19. The van der Waals surface area contributed by atoms with Crippen molar-refractivity contribution in [2.75, 3.05) is 6.54 Å². The monoisotopic (exact) mass is 288 g/mol. The van der Waals surface area contributed by atoms with Gasteiger partial charge in [-0.2, -0.15) is 0 Å². The van der Waals surface area contributed by atoms with Gasteiger partial charge in [0, 0.05) is 28.7 Å². The first kappa shape index (κ1) is 12.8. The number of H-pyrrole nitrogens is 1. The molecule has 1 amide bonds. The molecule has 0 saturated carbocycles. The fraction of sp³-hybridized carbons (Fsp3) is 0.133. The Morgan fingerprint density at radius 2 is 2.25 bits per heavy atom. The number of carbonyl (C=O) groups excluding carboxylic acids is 1. The zero-order chi connectivity index (χ0) is 13.9. The number of benzene rings is 1. The maximum absolute atomic E-state index is 11.8. The van der Waals surface area contributed by atoms with Crippen molar-refractivity contribution in [1.82, 2.24) is 10.3 Å². The molecule has 2 N–H and O–H groups in total. The van der Waals surface area contributed by atoms with Crippen LogP contribution in [0.4, 0.5) is 0 Å². The Morgan fingerprint density at radius 1 is 1.35 bits per heavy atom. The summed E-state index contributed by atoms with van der Waals surface area (Å²) in [5.74, 6) is -0.128. The zero-order valence-corrected chi connectivity index (χ0v) is 11.4. The molecular formula is C15H13ClN2O2. The van der Waals surface area contributed by atoms with Crippen LogP contribution >= 0.6 is 11.6 Å². The summed E-state index contributed by atoms with van der Waals surface area (Å²) in [6.45, 7) is 0.559. The molecule has 0 fully saturated rings. The number of nitrogens with one attached hydrogen (secondary N) is 2. The predicted molar refractivity (Wildman–Crippen MR) is 78.1 cm³/mol. The molecule has 0 aliphatic carbocycles. The van der Waals surface area contributed by atoms with Crippen LogP contribution in [0.15, 0.2) is 47.4 Å². The minimum Gasteiger partial charge on any atom is -0.472 e. The van der Waals surface area contributed by atoms with Gasteiger partial charge in [-0.15, -0.1) is 0 Å². The summed E-state index contributed by atoms with van der Waals surface area (Å²) in [4.78, 5) is 14.9. The maximum Gasteiger partial charge on any atom is 0.254 e. The van der Waals surface area contributed by atoms with Crippen LogP contribution in [-0.4, -0.2) is 17.4 Å². The summed E-state index contributed by atoms with van der Waals surface area (Å²) in [5.41, 5.74) is 2.72. The second kappa shape index (κ2) is 5.43. The lowest BCUT2D eigenvalue weighted by molar-refractivity contribution is 0.0953. The van der Waals surface area contributed by atoms with Gasteiger partial charge in [-0.05, 0) is 36.2 Å². The van der Waals surface area contributed by atoms with Crippen LogP contribution in [0.3, 0.4) is 0 Å². The summed E-state index contributed by atoms with van der Waals surface area (Å²) < 4.78 is 4.88. The van der Waals surface area contributed by atoms with Crippen molar-refractivity contribution in [3.8, 4) is 0 Å². The van der Waals surface area contributed by atoms with Crippen molar-refractivity contribution in [1.29, 1.82) is 0 Å². The normalized spacial score (nSPS) is 10.8. The van der Waals surface area contributed by atoms with Gasteiger partial charge in [-0.1, -0.05) is 11.6 Å². The van der Waals surface area contributed by atoms with Crippen LogP contribution in [0.1, 0.15) is 15.9 Å². The van der Waals surface area contributed by atoms with Crippen LogP contribution in [-0.2, 0) is 6.42 Å². The van der Waals surface area contributed by atoms with E-state index >= 15 is 0 Å². The van der Waals surface area contributed by atoms with E-state index in [4.69, 9.17) is 16.0 Å². The molecule has 102 valence electrons. The topological polar surface area (TPSA) is 58.0 Å². The van der Waals surface area contributed by atoms with E-state index in [1.807, 2.05) is 24.4 Å². The molecule has 5 heteroatoms. The number of carbonyl (C=O) groups is 1. The van der Waals surface area contributed by atoms with Crippen LogP contribution in [0.5, 0.6) is 0 Å². The number of rotatable bonds is 4. The SMILES string of the molecule is O=C(NCCc1c[nH]c2ccc(Cl)cc12)c1ccoc1. The lowest BCUT2D eigenvalue weighted by Crippen LogP contribution is -2.25. The largest absolute Gasteiger partial charge is 0.472 e. The second-order valence-corrected chi connectivity index (χ2v) is 4.96. The quantitative estimate of drug-likeness (QED) is 0.773. The highest BCUT2D eigenvalue weighted by molar-refractivity contribution is 6.31. The zero-order valence-electron chi connectivity index (χ0n) is 10.7. The number of aromatic nitrogens is 1. The molecule has 0 bridgehead atoms. The fourth-order valence-corrected chi connectivity index (χ4v) is 2.34. The van der Waals surface area contributed by atoms with Crippen molar-refractivity contribution in [2.24, 2.45) is 0 Å². The predicted octanol–water partition coefficient (Wildman–Crippen LogP) is 3.39. The Kier molecular flexibility index (Phi) is 3.48. The van der Waals surface area contributed by atoms with Crippen molar-refractivity contribution >= 4 is 28.4 Å². The number of fused-ring (bicyclic) bond motifs is 1. The Bertz CT molecular complexity index is 732. The molecule has 3 rings (SSSR count). The highest BCUT2D eigenvalue weighted by atomic mass is 35.5. The van der Waals surface area contributed by atoms with E-state index in [2.05, 4.69) is 10.3 Å². The summed E-state index contributed by atoms with van der Waals surface area (Å²) in [5, 5.41) is 4.66. The number of aromatic amines is 1. The average molecular weight is 289 g/mol. The van der Waals surface area contributed by atoms with E-state index in [-0.39, 0.29) is 5.91 Å². The lowest BCUT2D eigenvalue weighted by Gasteiger charge is -2.03. The summed E-state index contributed by atoms with van der Waals surface area (Å²) in [7, 11) is 0. The van der Waals surface area contributed by atoms with E-state index in [1.165, 1.54) is 12.5 Å². The Labute approximate surface area is 120 Å². The van der Waals surface area contributed by atoms with Crippen LogP contribution in [0.2, 0.25) is 5.02 Å². The van der Waals surface area contributed by atoms with E-state index < -0.39 is 0 Å². The molecule has 0 unspecified atom stereocenters. The lowest BCUT2D eigenvalue weighted by atomic mass is 10.1. The standard InChI is InChI=1S/C15H13ClN2O2/c16-12-1-2-14-13(7-12)10(8-18-14)3-5-17-15(19)11-4-6-20-9-11/h1-2,4,6-9,18H,3,5H2,(H,17,19). The van der Waals surface area contributed by atoms with E-state index in [0.717, 1.165) is 22.9 Å². The summed E-state index contributed by atoms with van der Waals surface area (Å²) in [6, 6.07) is 7.37. The highest BCUT2D eigenvalue weighted by Gasteiger charge is 2.07. The van der Waals surface area contributed by atoms with Crippen molar-refractivity contribution in [3.05, 3.63) is 59.1 Å². The molecule has 0 aliphatic rings. The number of amides is 1. The number of hydrogen-bond acceptors (Lipinski definition) is 2. The van der Waals surface area contributed by atoms with Gasteiger partial charge in [0.25, 0.3) is 5.91 Å². The average Bonchev–Trinajstić information content (AvgIpc) is 3.08. The van der Waals surface area contributed by atoms with Crippen molar-refractivity contribution < 1.29 is 9.21 Å². The van der Waals surface area contributed by atoms with Gasteiger partial charge in [-0.3, -0.25) is 4.79 Å². The van der Waals surface area contributed by atoms with Crippen LogP contribution in [0.25, 0.3) is 10.9 Å². The Morgan fingerprint density at radius 3 is 3.05 bits per heavy atom. The van der Waals surface area contributed by atoms with Gasteiger partial charge in [0.1, 0.15) is 6.26 Å². The van der Waals surface area contributed by atoms with Crippen LogP contribution < -0.4 is 5.32 Å². The van der Waals surface area contributed by atoms with Gasteiger partial charge in [0.2, 0.25) is 0 Å². The van der Waals surface area contributed by atoms with Gasteiger partial charge >= 0.3 is 0 Å². The smallest absolute Gasteiger partial charge is 0.254 e. The van der Waals surface area contributed by atoms with Crippen molar-refractivity contribution in [2.45, 2.75) is 6.42 Å². The molecule has 4 nitrogen and oxygen atoms in total. The number of furan rings is 1. The third kappa shape index (κ3) is 2.56. The molecule has 3 aromatic rings. The fourth-order valence-electron chi connectivity index (χ4n) is 2.16. The highest BCUT2D eigenvalue weighted by Crippen LogP contribution is 2.22. The van der Waals surface area contributed by atoms with Crippen LogP contribution in [0, 0.1) is 0 Å². The van der Waals surface area contributed by atoms with Gasteiger partial charge in [-0.25, -0.2) is 0 Å². The number of hydrogen-bond donors (Lipinski definition) is 2. The summed E-state index contributed by atoms with van der Waals surface area (Å²) >= 11 is 6.01. The Hall–Kier alpha value is -2.20. The molecule has 0 atom stereocenters. The summed E-state index contributed by atoms with van der Waals surface area (Å²) in [6.07, 6.45) is 5.60. The van der Waals surface area contributed by atoms with E-state index in [1.54, 1.807) is 6.07 Å². The molecule has 0 spiro atoms. The van der Waals surface area contributed by atoms with E-state index in [9.17, 15) is 4.79 Å². The molecule has 1 aromatic carbocycles. The molecule has 2 heterocycles.